The fourth-order valence-electron chi connectivity index (χ4n) is 2.95. The van der Waals surface area contributed by atoms with Gasteiger partial charge in [0, 0.05) is 486 Å². The Morgan fingerprint density at radius 1 is 0.366 bits per heavy atom. The molecule has 1 aromatic carbocycles. The molecule has 0 aliphatic heterocycles. The lowest BCUT2D eigenvalue weighted by Crippen LogP contribution is -1.95. The van der Waals surface area contributed by atoms with Crippen LogP contribution in [0.4, 0.5) is 5.69 Å². The Balaban J connectivity index is 0.000000784. The molecular formula is C14H10BrN3S53. The summed E-state index contributed by atoms with van der Waals surface area (Å²) < 4.78 is 2.87. The Bertz CT molecular complexity index is 4810. The Hall–Kier alpha value is 9.80. The normalized spacial score (nSPS) is 8.59. The Morgan fingerprint density at radius 2 is 0.577 bits per heavy atom. The molecule has 0 saturated carbocycles. The maximum atomic E-state index is 7.40. The molecule has 0 radical (unpaired) electrons. The zero-order valence-electron chi connectivity index (χ0n) is 31.7. The van der Waals surface area contributed by atoms with Gasteiger partial charge in [-0.1, -0.05) is 24.3 Å². The summed E-state index contributed by atoms with van der Waals surface area (Å²) >= 11 is 13.1. The van der Waals surface area contributed by atoms with E-state index in [-0.39, 0.29) is 0 Å². The molecule has 71 heavy (non-hydrogen) atoms. The van der Waals surface area contributed by atoms with E-state index in [2.05, 4.69) is 25.8 Å². The first-order chi connectivity index (χ1) is 35.1. The second-order valence-electron chi connectivity index (χ2n) is 7.71. The van der Waals surface area contributed by atoms with E-state index >= 15 is 0 Å². The molecule has 2 heterocycles. The quantitative estimate of drug-likeness (QED) is 0.314. The lowest BCUT2D eigenvalue weighted by Gasteiger charge is -2.09. The van der Waals surface area contributed by atoms with Gasteiger partial charge in [0.1, 0.15) is 10.3 Å². The first-order valence-electron chi connectivity index (χ1n) is 14.2. The highest BCUT2D eigenvalue weighted by Crippen LogP contribution is 2.34. The van der Waals surface area contributed by atoms with E-state index in [9.17, 15) is 0 Å². The molecule has 0 aliphatic rings. The van der Waals surface area contributed by atoms with Crippen LogP contribution in [0.25, 0.3) is 21.3 Å². The summed E-state index contributed by atoms with van der Waals surface area (Å²) in [6, 6.07) is 7.92. The van der Waals surface area contributed by atoms with Gasteiger partial charge >= 0.3 is 0 Å². The third kappa shape index (κ3) is 44.0. The topological polar surface area (TPSA) is 21.7 Å². The Morgan fingerprint density at radius 3 is 0.789 bits per heavy atom. The standard InChI is InChI=1S/C14H10BrN3.S53/c1-8-12(16-3)10-6-4-5-7-11(10)14-17-13(15)9(2)18(8)14;1-3-5-7-9-11-13-15-17-19-21-23-25-27-29-31-33-35-37-39-41-43-45-47-49-51-53-52-50-48-46-44-42-40-38-36-34-32-30-28-26-24-22-20-18-16-14-12-10-8-6-4-2/h4-7H,1-2H3;. The van der Waals surface area contributed by atoms with Gasteiger partial charge in [0.25, 0.3) is 0 Å². The first-order valence-corrected chi connectivity index (χ1v) is 84.4. The lowest BCUT2D eigenvalue weighted by atomic mass is 10.1. The molecule has 0 N–H and O–H groups in total. The second-order valence-corrected chi connectivity index (χ2v) is 98.7. The first kappa shape index (κ1) is 76.9. The third-order valence-corrected chi connectivity index (χ3v) is 117. The number of pyridine rings is 1. The second kappa shape index (κ2) is 60.1. The van der Waals surface area contributed by atoms with E-state index in [1.807, 2.05) is 371 Å². The molecule has 0 saturated heterocycles. The van der Waals surface area contributed by atoms with E-state index in [1.54, 1.807) is 107 Å². The van der Waals surface area contributed by atoms with Gasteiger partial charge < -0.3 is 4.40 Å². The van der Waals surface area contributed by atoms with Crippen LogP contribution in [0.1, 0.15) is 11.4 Å². The monoisotopic (exact) mass is 1990 g/mol. The van der Waals surface area contributed by atoms with Crippen molar-refractivity contribution in [1.29, 1.82) is 0 Å². The fourth-order valence-corrected chi connectivity index (χ4v) is 138. The summed E-state index contributed by atoms with van der Waals surface area (Å²) in [4.78, 5) is 8.24. The highest BCUT2D eigenvalue weighted by Gasteiger charge is 2.15. The number of hydrogen-bond acceptors (Lipinski definition) is 3. The molecule has 57 heteroatoms. The largest absolute Gasteiger partial charge is 0.310 e. The maximum absolute atomic E-state index is 7.40. The molecule has 0 atom stereocenters. The van der Waals surface area contributed by atoms with Crippen molar-refractivity contribution in [2.24, 2.45) is 0 Å². The molecule has 0 aliphatic carbocycles. The van der Waals surface area contributed by atoms with Crippen LogP contribution in [-0.4, -0.2) is 9.38 Å². The maximum Gasteiger partial charge on any atom is 0.214 e. The van der Waals surface area contributed by atoms with Crippen molar-refractivity contribution in [2.45, 2.75) is 13.8 Å². The van der Waals surface area contributed by atoms with E-state index in [4.69, 9.17) is 28.9 Å². The molecule has 0 unspecified atom stereocenters. The van der Waals surface area contributed by atoms with Crippen molar-refractivity contribution in [3.05, 3.63) is 51.7 Å². The van der Waals surface area contributed by atoms with Gasteiger partial charge in [0.2, 0.25) is 5.69 Å². The van der Waals surface area contributed by atoms with Crippen LogP contribution in [0.3, 0.4) is 0 Å². The van der Waals surface area contributed by atoms with Crippen molar-refractivity contribution in [2.75, 3.05) is 0 Å². The zero-order chi connectivity index (χ0) is 50.9. The molecule has 3 rings (SSSR count). The molecule has 0 fully saturated rings. The molecular weight excluding hydrogens is 1990 g/mol. The van der Waals surface area contributed by atoms with Gasteiger partial charge in [-0.3, -0.25) is 0 Å². The van der Waals surface area contributed by atoms with E-state index in [0.717, 1.165) is 32.4 Å². The SMILES string of the molecule is S=S=S=S=S=S=S=S=S=S=S=S=S=S=S=S=S=S=S=S=S=S=S=S=S=S=S=S=S=S=S=S=S=S=S=S=S=S=S=S=S=S=S=S=S=S=S=S=S=S=S=S=S.[C-]#[N+]c1c(C)n2c(C)c(Br)nc2c2ccccc12. The summed E-state index contributed by atoms with van der Waals surface area (Å²) in [5.41, 5.74) is 3.57. The van der Waals surface area contributed by atoms with Crippen LogP contribution in [0.2, 0.25) is 0 Å². The summed E-state index contributed by atoms with van der Waals surface area (Å²) in [5.74, 6) is 0. The molecule has 0 spiro atoms. The number of aromatic nitrogens is 2. The predicted octanol–water partition coefficient (Wildman–Crippen LogP) is 4.29. The number of aryl methyl sites for hydroxylation is 2. The van der Waals surface area contributed by atoms with Crippen LogP contribution in [0.5, 0.6) is 0 Å². The van der Waals surface area contributed by atoms with E-state index < -0.39 is 0 Å². The predicted molar refractivity (Wildman–Crippen MR) is 466 cm³/mol. The number of imidazole rings is 1. The van der Waals surface area contributed by atoms with Crippen LogP contribution in [0, 0.1) is 20.4 Å². The number of halogens is 1. The molecule has 0 bridgehead atoms. The van der Waals surface area contributed by atoms with E-state index in [0.29, 0.717) is 5.69 Å². The smallest absolute Gasteiger partial charge is 0.214 e. The van der Waals surface area contributed by atoms with Crippen molar-refractivity contribution in [3.63, 3.8) is 0 Å². The van der Waals surface area contributed by atoms with Crippen molar-refractivity contribution < 1.29 is 0 Å². The Labute approximate surface area is 572 Å². The van der Waals surface area contributed by atoms with Gasteiger partial charge in [-0.25, -0.2) is 9.83 Å². The minimum absolute atomic E-state index is 0.700. The van der Waals surface area contributed by atoms with Gasteiger partial charge in [-0.05, 0) is 35.2 Å². The molecule has 3 aromatic rings. The minimum atomic E-state index is 0.700. The van der Waals surface area contributed by atoms with Gasteiger partial charge in [-0.15, -0.1) is 0 Å². The molecule has 2 aromatic heterocycles. The Kier molecular flexibility index (Phi) is 65.1. The minimum Gasteiger partial charge on any atom is -0.310 e. The molecule has 0 amide bonds. The van der Waals surface area contributed by atoms with Crippen molar-refractivity contribution >= 4 is 513 Å². The van der Waals surface area contributed by atoms with E-state index in [1.165, 1.54) is 17.8 Å². The fraction of sp³-hybridized carbons (Fsp3) is 0.143. The summed E-state index contributed by atoms with van der Waals surface area (Å²) in [6.07, 6.45) is 0. The van der Waals surface area contributed by atoms with Crippen LogP contribution >= 0.6 is 15.9 Å². The highest BCUT2D eigenvalue weighted by atomic mass is 79.9. The number of hydrogen-bond donors (Lipinski definition) is 0. The van der Waals surface area contributed by atoms with Crippen LogP contribution in [0.15, 0.2) is 28.9 Å². The number of rotatable bonds is 0. The highest BCUT2D eigenvalue weighted by molar-refractivity contribution is 9.10. The van der Waals surface area contributed by atoms with Crippen molar-refractivity contribution in [3.8, 4) is 0 Å². The zero-order valence-corrected chi connectivity index (χ0v) is 76.5. The van der Waals surface area contributed by atoms with Gasteiger partial charge in [-0.2, -0.15) is 0 Å². The summed E-state index contributed by atoms with van der Waals surface area (Å²) in [7, 11) is 91.2. The third-order valence-electron chi connectivity index (χ3n) is 4.65. The number of benzene rings is 1. The van der Waals surface area contributed by atoms with Gasteiger partial charge in [0.15, 0.2) is 0 Å². The summed E-state index contributed by atoms with van der Waals surface area (Å²) in [5, 5.41) is 1.98. The molecule has 406 valence electrons. The number of nitrogens with zero attached hydrogens (tertiary/aromatic N) is 3. The van der Waals surface area contributed by atoms with Crippen molar-refractivity contribution in [1.82, 2.24) is 9.38 Å². The average molecular weight is 2000 g/mol. The average Bonchev–Trinajstić information content (AvgIpc) is 3.69. The van der Waals surface area contributed by atoms with Crippen LogP contribution in [-0.2, 0) is 475 Å². The van der Waals surface area contributed by atoms with Crippen LogP contribution < -0.4 is 0 Å². The molecule has 3 nitrogen and oxygen atoms in total. The summed E-state index contributed by atoms with van der Waals surface area (Å²) in [6.45, 7) is 11.4. The lowest BCUT2D eigenvalue weighted by molar-refractivity contribution is 1.05. The number of fused-ring (bicyclic) bond motifs is 3. The van der Waals surface area contributed by atoms with Gasteiger partial charge in [0.05, 0.1) is 12.3 Å².